The van der Waals surface area contributed by atoms with Crippen LogP contribution in [0, 0.1) is 0 Å². The van der Waals surface area contributed by atoms with E-state index in [-0.39, 0.29) is 11.1 Å². The molecule has 1 saturated heterocycles. The highest BCUT2D eigenvalue weighted by Gasteiger charge is 2.53. The maximum absolute atomic E-state index is 11.1. The summed E-state index contributed by atoms with van der Waals surface area (Å²) in [5.41, 5.74) is -0.924. The molecule has 0 saturated carbocycles. The molecule has 0 amide bonds. The molecule has 1 fully saturated rings. The van der Waals surface area contributed by atoms with Gasteiger partial charge in [0.2, 0.25) is 0 Å². The van der Waals surface area contributed by atoms with Crippen LogP contribution in [0.15, 0.2) is 60.7 Å². The summed E-state index contributed by atoms with van der Waals surface area (Å²) in [5, 5.41) is 13.4. The first-order valence-corrected chi connectivity index (χ1v) is 11.3. The Bertz CT molecular complexity index is 668. The highest BCUT2D eigenvalue weighted by atomic mass is 28.4. The number of epoxide rings is 1. The van der Waals surface area contributed by atoms with Crippen molar-refractivity contribution in [2.75, 3.05) is 13.2 Å². The third-order valence-corrected chi connectivity index (χ3v) is 10.5. The Morgan fingerprint density at radius 1 is 1.00 bits per heavy atom. The van der Waals surface area contributed by atoms with E-state index >= 15 is 0 Å². The van der Waals surface area contributed by atoms with E-state index in [2.05, 4.69) is 69.3 Å². The van der Waals surface area contributed by atoms with Crippen LogP contribution >= 0.6 is 0 Å². The highest BCUT2D eigenvalue weighted by molar-refractivity contribution is 6.99. The zero-order chi connectivity index (χ0) is 18.8. The minimum absolute atomic E-state index is 0.0885. The molecule has 140 valence electrons. The average Bonchev–Trinajstić information content (AvgIpc) is 3.48. The lowest BCUT2D eigenvalue weighted by Gasteiger charge is -2.44. The number of aliphatic hydroxyl groups is 1. The molecule has 2 atom stereocenters. The van der Waals surface area contributed by atoms with Gasteiger partial charge in [-0.1, -0.05) is 88.4 Å². The summed E-state index contributed by atoms with van der Waals surface area (Å²) in [5.74, 6) is 0. The van der Waals surface area contributed by atoms with Crippen LogP contribution in [-0.2, 0) is 9.16 Å². The van der Waals surface area contributed by atoms with Gasteiger partial charge in [0.05, 0.1) is 13.2 Å². The summed E-state index contributed by atoms with van der Waals surface area (Å²) in [6.07, 6.45) is 0.515. The number of hydrogen-bond donors (Lipinski definition) is 1. The first-order valence-electron chi connectivity index (χ1n) is 9.42. The van der Waals surface area contributed by atoms with Gasteiger partial charge >= 0.3 is 0 Å². The predicted octanol–water partition coefficient (Wildman–Crippen LogP) is 3.10. The van der Waals surface area contributed by atoms with Gasteiger partial charge in [-0.2, -0.15) is 0 Å². The largest absolute Gasteiger partial charge is 0.404 e. The lowest BCUT2D eigenvalue weighted by atomic mass is 9.98. The van der Waals surface area contributed by atoms with Gasteiger partial charge in [0.1, 0.15) is 11.7 Å². The van der Waals surface area contributed by atoms with E-state index in [0.29, 0.717) is 19.6 Å². The number of ether oxygens (including phenoxy) is 1. The Morgan fingerprint density at radius 3 is 1.81 bits per heavy atom. The maximum Gasteiger partial charge on any atom is 0.261 e. The van der Waals surface area contributed by atoms with E-state index < -0.39 is 13.9 Å². The summed E-state index contributed by atoms with van der Waals surface area (Å²) in [6.45, 7) is 9.65. The Balaban J connectivity index is 2.08. The molecule has 1 heterocycles. The molecular formula is C22H30O3Si. The molecule has 0 aromatic heterocycles. The summed E-state index contributed by atoms with van der Waals surface area (Å²) in [6, 6.07) is 21.1. The van der Waals surface area contributed by atoms with Crippen molar-refractivity contribution in [3.8, 4) is 0 Å². The van der Waals surface area contributed by atoms with Gasteiger partial charge in [0.15, 0.2) is 0 Å². The van der Waals surface area contributed by atoms with Gasteiger partial charge < -0.3 is 14.3 Å². The summed E-state index contributed by atoms with van der Waals surface area (Å²) in [4.78, 5) is 0. The van der Waals surface area contributed by atoms with Gasteiger partial charge in [-0.15, -0.1) is 0 Å². The molecule has 1 N–H and O–H groups in total. The Morgan fingerprint density at radius 2 is 1.46 bits per heavy atom. The molecule has 1 aliphatic rings. The number of hydrogen-bond acceptors (Lipinski definition) is 3. The highest BCUT2D eigenvalue weighted by Crippen LogP contribution is 2.38. The van der Waals surface area contributed by atoms with Gasteiger partial charge in [-0.25, -0.2) is 0 Å². The van der Waals surface area contributed by atoms with Crippen molar-refractivity contribution >= 4 is 18.7 Å². The van der Waals surface area contributed by atoms with Crippen LogP contribution in [-0.4, -0.2) is 38.3 Å². The Labute approximate surface area is 158 Å². The lowest BCUT2D eigenvalue weighted by Crippen LogP contribution is -2.67. The molecule has 1 aliphatic heterocycles. The quantitative estimate of drug-likeness (QED) is 0.601. The van der Waals surface area contributed by atoms with Crippen LogP contribution in [0.2, 0.25) is 5.04 Å². The Kier molecular flexibility index (Phi) is 5.40. The fraction of sp³-hybridized carbons (Fsp3) is 0.455. The van der Waals surface area contributed by atoms with Crippen molar-refractivity contribution in [2.24, 2.45) is 0 Å². The average molecular weight is 371 g/mol. The lowest BCUT2D eigenvalue weighted by molar-refractivity contribution is -0.0330. The Hall–Kier alpha value is -1.46. The van der Waals surface area contributed by atoms with Crippen LogP contribution in [0.5, 0.6) is 0 Å². The first kappa shape index (κ1) is 19.3. The van der Waals surface area contributed by atoms with Gasteiger partial charge in [-0.3, -0.25) is 0 Å². The number of benzene rings is 2. The van der Waals surface area contributed by atoms with Gasteiger partial charge in [0, 0.05) is 0 Å². The normalized spacial score (nSPS) is 19.8. The SMILES string of the molecule is CC[C@@](O)(CO[Si](c1ccccc1)(c1ccccc1)C(C)(C)C)[C@@H]1CO1. The van der Waals surface area contributed by atoms with Crippen LogP contribution < -0.4 is 10.4 Å². The van der Waals surface area contributed by atoms with Crippen molar-refractivity contribution in [3.63, 3.8) is 0 Å². The minimum atomic E-state index is -2.61. The molecule has 3 rings (SSSR count). The fourth-order valence-corrected chi connectivity index (χ4v) is 8.40. The zero-order valence-electron chi connectivity index (χ0n) is 16.2. The molecule has 0 radical (unpaired) electrons. The second-order valence-corrected chi connectivity index (χ2v) is 12.5. The zero-order valence-corrected chi connectivity index (χ0v) is 17.2. The molecule has 2 aromatic carbocycles. The molecule has 26 heavy (non-hydrogen) atoms. The smallest absolute Gasteiger partial charge is 0.261 e. The van der Waals surface area contributed by atoms with E-state index in [1.54, 1.807) is 0 Å². The molecule has 0 spiro atoms. The second-order valence-electron chi connectivity index (χ2n) is 8.23. The number of rotatable bonds is 7. The minimum Gasteiger partial charge on any atom is -0.404 e. The van der Waals surface area contributed by atoms with Crippen molar-refractivity contribution in [3.05, 3.63) is 60.7 Å². The first-order chi connectivity index (χ1) is 12.3. The summed E-state index contributed by atoms with van der Waals surface area (Å²) < 4.78 is 12.2. The molecule has 3 nitrogen and oxygen atoms in total. The summed E-state index contributed by atoms with van der Waals surface area (Å²) >= 11 is 0. The molecule has 0 bridgehead atoms. The van der Waals surface area contributed by atoms with Crippen LogP contribution in [0.25, 0.3) is 0 Å². The van der Waals surface area contributed by atoms with Crippen molar-refractivity contribution in [2.45, 2.75) is 50.9 Å². The van der Waals surface area contributed by atoms with Gasteiger partial charge in [0.25, 0.3) is 8.32 Å². The van der Waals surface area contributed by atoms with Crippen molar-refractivity contribution in [1.29, 1.82) is 0 Å². The maximum atomic E-state index is 11.1. The molecular weight excluding hydrogens is 340 g/mol. The molecule has 2 aromatic rings. The van der Waals surface area contributed by atoms with Crippen LogP contribution in [0.3, 0.4) is 0 Å². The van der Waals surface area contributed by atoms with Crippen LogP contribution in [0.1, 0.15) is 34.1 Å². The third kappa shape index (κ3) is 3.51. The van der Waals surface area contributed by atoms with E-state index in [1.165, 1.54) is 10.4 Å². The summed E-state index contributed by atoms with van der Waals surface area (Å²) in [7, 11) is -2.61. The standard InChI is InChI=1S/C22H30O3Si/c1-5-22(23,20-16-24-20)17-25-26(21(2,3)4,18-12-8-6-9-13-18)19-14-10-7-11-15-19/h6-15,20,23H,5,16-17H2,1-4H3/t20-,22+/m0/s1. The van der Waals surface area contributed by atoms with Crippen molar-refractivity contribution in [1.82, 2.24) is 0 Å². The van der Waals surface area contributed by atoms with Crippen LogP contribution in [0.4, 0.5) is 0 Å². The molecule has 4 heteroatoms. The van der Waals surface area contributed by atoms with Crippen molar-refractivity contribution < 1.29 is 14.3 Å². The monoisotopic (exact) mass is 370 g/mol. The molecule has 0 unspecified atom stereocenters. The third-order valence-electron chi connectivity index (χ3n) is 5.50. The van der Waals surface area contributed by atoms with E-state index in [0.717, 1.165) is 0 Å². The molecule has 0 aliphatic carbocycles. The topological polar surface area (TPSA) is 42.0 Å². The van der Waals surface area contributed by atoms with E-state index in [4.69, 9.17) is 9.16 Å². The van der Waals surface area contributed by atoms with Gasteiger partial charge in [-0.05, 0) is 21.8 Å². The van der Waals surface area contributed by atoms with E-state index in [1.807, 2.05) is 19.1 Å². The fourth-order valence-electron chi connectivity index (χ4n) is 3.78. The van der Waals surface area contributed by atoms with E-state index in [9.17, 15) is 5.11 Å². The second kappa shape index (κ2) is 7.28. The predicted molar refractivity (Wildman–Crippen MR) is 109 cm³/mol.